The van der Waals surface area contributed by atoms with Gasteiger partial charge >= 0.3 is 0 Å². The summed E-state index contributed by atoms with van der Waals surface area (Å²) in [5.41, 5.74) is 8.51. The second-order valence-corrected chi connectivity index (χ2v) is 6.47. The molecule has 0 aliphatic rings. The van der Waals surface area contributed by atoms with Crippen LogP contribution in [0.25, 0.3) is 5.82 Å². The Bertz CT molecular complexity index is 1040. The fraction of sp³-hybridized carbons (Fsp3) is 0.294. The fourth-order valence-electron chi connectivity index (χ4n) is 2.63. The highest BCUT2D eigenvalue weighted by Gasteiger charge is 2.25. The van der Waals surface area contributed by atoms with Gasteiger partial charge in [-0.2, -0.15) is 9.78 Å². The number of aromatic nitrogens is 5. The normalized spacial score (nSPS) is 11.5. The largest absolute Gasteiger partial charge is 0.378 e. The van der Waals surface area contributed by atoms with E-state index in [1.165, 1.54) is 18.2 Å². The van der Waals surface area contributed by atoms with Gasteiger partial charge in [0.15, 0.2) is 5.69 Å². The number of amides is 1. The summed E-state index contributed by atoms with van der Waals surface area (Å²) in [6.07, 6.45) is 1.11. The molecule has 0 aliphatic heterocycles. The van der Waals surface area contributed by atoms with Gasteiger partial charge < -0.3 is 5.73 Å². The second kappa shape index (κ2) is 9.41. The van der Waals surface area contributed by atoms with Crippen molar-refractivity contribution in [2.45, 2.75) is 20.4 Å². The molecule has 0 aliphatic carbocycles. The van der Waals surface area contributed by atoms with E-state index in [0.717, 1.165) is 24.0 Å². The number of carbonyl (C=O) groups excluding carboxylic acids is 1. The highest BCUT2D eigenvalue weighted by molar-refractivity contribution is 6.33. The van der Waals surface area contributed by atoms with Crippen LogP contribution in [0.4, 0.5) is 10.2 Å². The van der Waals surface area contributed by atoms with E-state index in [1.807, 2.05) is 18.7 Å². The summed E-state index contributed by atoms with van der Waals surface area (Å²) in [4.78, 5) is 14.9. The standard InChI is InChI=1S/C17H19ClFN9O2/c1-3-27(4-2)9-13-14(28(26-22-13)16-15(20)24-30-25-16)17(29)23-21-8-10-11(18)6-5-7-12(10)19/h5-8H,3-4,9H2,1-2H3,(H2,20,24)(H,23,29). The first-order valence-corrected chi connectivity index (χ1v) is 9.36. The van der Waals surface area contributed by atoms with Crippen molar-refractivity contribution in [2.75, 3.05) is 18.8 Å². The zero-order valence-electron chi connectivity index (χ0n) is 16.2. The third kappa shape index (κ3) is 4.44. The molecule has 30 heavy (non-hydrogen) atoms. The highest BCUT2D eigenvalue weighted by Crippen LogP contribution is 2.18. The summed E-state index contributed by atoms with van der Waals surface area (Å²) < 4.78 is 19.6. The number of halogens is 2. The van der Waals surface area contributed by atoms with Crippen molar-refractivity contribution in [1.82, 2.24) is 35.6 Å². The number of anilines is 1. The molecular weight excluding hydrogens is 417 g/mol. The van der Waals surface area contributed by atoms with Crippen molar-refractivity contribution < 1.29 is 13.8 Å². The van der Waals surface area contributed by atoms with Crippen molar-refractivity contribution >= 4 is 29.5 Å². The molecule has 0 atom stereocenters. The molecule has 0 radical (unpaired) electrons. The first kappa shape index (κ1) is 21.3. The molecule has 0 bridgehead atoms. The average molecular weight is 436 g/mol. The number of nitrogens with two attached hydrogens (primary N) is 1. The number of nitrogens with one attached hydrogen (secondary N) is 1. The molecule has 0 fully saturated rings. The van der Waals surface area contributed by atoms with Crippen molar-refractivity contribution in [1.29, 1.82) is 0 Å². The minimum absolute atomic E-state index is 0.0135. The molecule has 0 unspecified atom stereocenters. The van der Waals surface area contributed by atoms with Gasteiger partial charge in [0, 0.05) is 12.1 Å². The first-order chi connectivity index (χ1) is 14.5. The van der Waals surface area contributed by atoms with Gasteiger partial charge in [0.1, 0.15) is 11.5 Å². The Balaban J connectivity index is 1.92. The van der Waals surface area contributed by atoms with Crippen molar-refractivity contribution in [2.24, 2.45) is 5.10 Å². The summed E-state index contributed by atoms with van der Waals surface area (Å²) >= 11 is 5.96. The number of hydrogen-bond donors (Lipinski definition) is 2. The zero-order valence-corrected chi connectivity index (χ0v) is 17.0. The van der Waals surface area contributed by atoms with E-state index in [2.05, 4.69) is 35.8 Å². The SMILES string of the molecule is CCN(CC)Cc1nnn(-c2nonc2N)c1C(=O)NN=Cc1c(F)cccc1Cl. The van der Waals surface area contributed by atoms with Gasteiger partial charge in [-0.3, -0.25) is 9.69 Å². The lowest BCUT2D eigenvalue weighted by atomic mass is 10.2. The molecule has 2 aromatic heterocycles. The maximum Gasteiger partial charge on any atom is 0.292 e. The van der Waals surface area contributed by atoms with Crippen LogP contribution in [0.1, 0.15) is 35.6 Å². The van der Waals surface area contributed by atoms with Gasteiger partial charge in [0.25, 0.3) is 5.91 Å². The molecular formula is C17H19ClFN9O2. The molecule has 1 aromatic carbocycles. The summed E-state index contributed by atoms with van der Waals surface area (Å²) in [7, 11) is 0. The predicted molar refractivity (Wildman–Crippen MR) is 107 cm³/mol. The summed E-state index contributed by atoms with van der Waals surface area (Å²) in [6, 6.07) is 4.21. The Labute approximate surface area is 175 Å². The van der Waals surface area contributed by atoms with E-state index < -0.39 is 11.7 Å². The molecule has 3 rings (SSSR count). The average Bonchev–Trinajstić information content (AvgIpc) is 3.33. The number of benzene rings is 1. The minimum Gasteiger partial charge on any atom is -0.378 e. The summed E-state index contributed by atoms with van der Waals surface area (Å²) in [5.74, 6) is -1.28. The molecule has 3 N–H and O–H groups in total. The Hall–Kier alpha value is -3.38. The van der Waals surface area contributed by atoms with Gasteiger partial charge in [-0.1, -0.05) is 36.7 Å². The lowest BCUT2D eigenvalue weighted by Gasteiger charge is -2.16. The Morgan fingerprint density at radius 3 is 2.80 bits per heavy atom. The molecule has 2 heterocycles. The Morgan fingerprint density at radius 1 is 1.40 bits per heavy atom. The third-order valence-electron chi connectivity index (χ3n) is 4.28. The van der Waals surface area contributed by atoms with Crippen LogP contribution in [0, 0.1) is 5.82 Å². The van der Waals surface area contributed by atoms with Crippen LogP contribution >= 0.6 is 11.6 Å². The number of rotatable bonds is 8. The van der Waals surface area contributed by atoms with Crippen LogP contribution in [-0.4, -0.2) is 55.4 Å². The molecule has 0 saturated heterocycles. The highest BCUT2D eigenvalue weighted by atomic mass is 35.5. The Morgan fingerprint density at radius 2 is 2.17 bits per heavy atom. The van der Waals surface area contributed by atoms with Crippen LogP contribution < -0.4 is 11.2 Å². The number of hydrogen-bond acceptors (Lipinski definition) is 9. The monoisotopic (exact) mass is 435 g/mol. The number of carbonyl (C=O) groups is 1. The van der Waals surface area contributed by atoms with E-state index in [4.69, 9.17) is 17.3 Å². The molecule has 0 spiro atoms. The molecule has 13 heteroatoms. The van der Waals surface area contributed by atoms with Crippen LogP contribution in [0.3, 0.4) is 0 Å². The molecule has 0 saturated carbocycles. The summed E-state index contributed by atoms with van der Waals surface area (Å²) in [6.45, 7) is 5.79. The topological polar surface area (TPSA) is 140 Å². The van der Waals surface area contributed by atoms with Gasteiger partial charge in [0.05, 0.1) is 11.2 Å². The molecule has 158 valence electrons. The number of hydrazone groups is 1. The van der Waals surface area contributed by atoms with Crippen LogP contribution in [0.15, 0.2) is 27.9 Å². The maximum atomic E-state index is 13.9. The third-order valence-corrected chi connectivity index (χ3v) is 4.61. The zero-order chi connectivity index (χ0) is 21.7. The van der Waals surface area contributed by atoms with Crippen LogP contribution in [0.2, 0.25) is 5.02 Å². The fourth-order valence-corrected chi connectivity index (χ4v) is 2.85. The molecule has 1 amide bonds. The van der Waals surface area contributed by atoms with E-state index >= 15 is 0 Å². The van der Waals surface area contributed by atoms with E-state index in [-0.39, 0.29) is 27.9 Å². The number of nitrogens with zero attached hydrogens (tertiary/aromatic N) is 7. The molecule has 11 nitrogen and oxygen atoms in total. The van der Waals surface area contributed by atoms with Gasteiger partial charge in [-0.05, 0) is 35.5 Å². The van der Waals surface area contributed by atoms with E-state index in [9.17, 15) is 9.18 Å². The van der Waals surface area contributed by atoms with E-state index in [1.54, 1.807) is 0 Å². The minimum atomic E-state index is -0.659. The lowest BCUT2D eigenvalue weighted by molar-refractivity contribution is 0.0945. The van der Waals surface area contributed by atoms with E-state index in [0.29, 0.717) is 12.2 Å². The number of nitrogen functional groups attached to an aromatic ring is 1. The smallest absolute Gasteiger partial charge is 0.292 e. The van der Waals surface area contributed by atoms with Gasteiger partial charge in [-0.25, -0.2) is 14.4 Å². The van der Waals surface area contributed by atoms with Crippen molar-refractivity contribution in [3.63, 3.8) is 0 Å². The quantitative estimate of drug-likeness (QED) is 0.401. The van der Waals surface area contributed by atoms with Crippen molar-refractivity contribution in [3.05, 3.63) is 46.0 Å². The second-order valence-electron chi connectivity index (χ2n) is 6.07. The van der Waals surface area contributed by atoms with Crippen molar-refractivity contribution in [3.8, 4) is 5.82 Å². The van der Waals surface area contributed by atoms with Crippen LogP contribution in [-0.2, 0) is 6.54 Å². The summed E-state index contributed by atoms with van der Waals surface area (Å²) in [5, 5.41) is 19.2. The van der Waals surface area contributed by atoms with Gasteiger partial charge in [0.2, 0.25) is 11.6 Å². The van der Waals surface area contributed by atoms with Gasteiger partial charge in [-0.15, -0.1) is 5.10 Å². The lowest BCUT2D eigenvalue weighted by Crippen LogP contribution is -2.27. The predicted octanol–water partition coefficient (Wildman–Crippen LogP) is 1.63. The van der Waals surface area contributed by atoms with Crippen LogP contribution in [0.5, 0.6) is 0 Å². The first-order valence-electron chi connectivity index (χ1n) is 8.98. The Kier molecular flexibility index (Phi) is 6.69. The molecule has 3 aromatic rings. The maximum absolute atomic E-state index is 13.9.